The molecule has 1 aliphatic heterocycles. The Balaban J connectivity index is 2.21. The molecule has 0 aliphatic carbocycles. The molecule has 0 aromatic heterocycles. The SMILES string of the molecule is CCN(C)C(C)CC1CCCCN1. The molecule has 0 spiro atoms. The second-order valence-electron chi connectivity index (χ2n) is 4.30. The zero-order valence-corrected chi connectivity index (χ0v) is 9.34. The van der Waals surface area contributed by atoms with Crippen LogP contribution < -0.4 is 5.32 Å². The first kappa shape index (κ1) is 11.0. The molecule has 0 aromatic rings. The van der Waals surface area contributed by atoms with Gasteiger partial charge in [-0.2, -0.15) is 0 Å². The van der Waals surface area contributed by atoms with Crippen molar-refractivity contribution in [1.29, 1.82) is 0 Å². The van der Waals surface area contributed by atoms with E-state index in [9.17, 15) is 0 Å². The van der Waals surface area contributed by atoms with E-state index in [-0.39, 0.29) is 0 Å². The van der Waals surface area contributed by atoms with Crippen LogP contribution in [-0.2, 0) is 0 Å². The third-order valence-corrected chi connectivity index (χ3v) is 3.29. The highest BCUT2D eigenvalue weighted by atomic mass is 15.1. The summed E-state index contributed by atoms with van der Waals surface area (Å²) in [7, 11) is 2.22. The van der Waals surface area contributed by atoms with Crippen molar-refractivity contribution in [2.45, 2.75) is 51.6 Å². The first-order valence-corrected chi connectivity index (χ1v) is 5.67. The van der Waals surface area contributed by atoms with Gasteiger partial charge in [0.1, 0.15) is 0 Å². The van der Waals surface area contributed by atoms with Gasteiger partial charge in [0.2, 0.25) is 0 Å². The van der Waals surface area contributed by atoms with E-state index in [0.717, 1.165) is 18.6 Å². The second kappa shape index (κ2) is 5.61. The Morgan fingerprint density at radius 1 is 1.46 bits per heavy atom. The fraction of sp³-hybridized carbons (Fsp3) is 1.00. The summed E-state index contributed by atoms with van der Waals surface area (Å²) in [5, 5.41) is 3.60. The van der Waals surface area contributed by atoms with Crippen molar-refractivity contribution < 1.29 is 0 Å². The highest BCUT2D eigenvalue weighted by Gasteiger charge is 2.17. The van der Waals surface area contributed by atoms with E-state index in [4.69, 9.17) is 0 Å². The summed E-state index contributed by atoms with van der Waals surface area (Å²) in [6.07, 6.45) is 5.47. The number of nitrogens with zero attached hydrogens (tertiary/aromatic N) is 1. The van der Waals surface area contributed by atoms with Gasteiger partial charge in [-0.15, -0.1) is 0 Å². The van der Waals surface area contributed by atoms with E-state index in [1.54, 1.807) is 0 Å². The van der Waals surface area contributed by atoms with Crippen molar-refractivity contribution in [3.8, 4) is 0 Å². The van der Waals surface area contributed by atoms with Crippen LogP contribution in [0, 0.1) is 0 Å². The quantitative estimate of drug-likeness (QED) is 0.717. The number of hydrogen-bond donors (Lipinski definition) is 1. The summed E-state index contributed by atoms with van der Waals surface area (Å²) in [5.41, 5.74) is 0. The zero-order valence-electron chi connectivity index (χ0n) is 9.34. The smallest absolute Gasteiger partial charge is 0.00818 e. The Morgan fingerprint density at radius 3 is 2.77 bits per heavy atom. The lowest BCUT2D eigenvalue weighted by atomic mass is 9.98. The third-order valence-electron chi connectivity index (χ3n) is 3.29. The summed E-state index contributed by atoms with van der Waals surface area (Å²) >= 11 is 0. The van der Waals surface area contributed by atoms with Crippen molar-refractivity contribution >= 4 is 0 Å². The van der Waals surface area contributed by atoms with Crippen molar-refractivity contribution in [3.05, 3.63) is 0 Å². The molecule has 2 nitrogen and oxygen atoms in total. The summed E-state index contributed by atoms with van der Waals surface area (Å²) in [6, 6.07) is 1.50. The topological polar surface area (TPSA) is 15.3 Å². The lowest BCUT2D eigenvalue weighted by Gasteiger charge is -2.30. The van der Waals surface area contributed by atoms with Crippen molar-refractivity contribution in [1.82, 2.24) is 10.2 Å². The van der Waals surface area contributed by atoms with Crippen LogP contribution in [0.1, 0.15) is 39.5 Å². The van der Waals surface area contributed by atoms with E-state index in [0.29, 0.717) is 0 Å². The van der Waals surface area contributed by atoms with Gasteiger partial charge >= 0.3 is 0 Å². The van der Waals surface area contributed by atoms with E-state index < -0.39 is 0 Å². The van der Waals surface area contributed by atoms with Crippen LogP contribution in [0.4, 0.5) is 0 Å². The molecule has 1 N–H and O–H groups in total. The Labute approximate surface area is 82.7 Å². The van der Waals surface area contributed by atoms with E-state index in [2.05, 4.69) is 31.1 Å². The van der Waals surface area contributed by atoms with Gasteiger partial charge < -0.3 is 10.2 Å². The predicted octanol–water partition coefficient (Wildman–Crippen LogP) is 1.86. The Hall–Kier alpha value is -0.0800. The molecule has 0 saturated carbocycles. The van der Waals surface area contributed by atoms with Crippen LogP contribution in [0.3, 0.4) is 0 Å². The zero-order chi connectivity index (χ0) is 9.68. The minimum atomic E-state index is 0.723. The number of hydrogen-bond acceptors (Lipinski definition) is 2. The molecule has 1 heterocycles. The Bertz CT molecular complexity index is 130. The summed E-state index contributed by atoms with van der Waals surface area (Å²) in [6.45, 7) is 6.95. The maximum Gasteiger partial charge on any atom is 0.00818 e. The lowest BCUT2D eigenvalue weighted by Crippen LogP contribution is -2.40. The number of piperidine rings is 1. The van der Waals surface area contributed by atoms with Crippen molar-refractivity contribution in [3.63, 3.8) is 0 Å². The molecular formula is C11H24N2. The second-order valence-corrected chi connectivity index (χ2v) is 4.30. The maximum atomic E-state index is 3.60. The minimum Gasteiger partial charge on any atom is -0.314 e. The van der Waals surface area contributed by atoms with E-state index in [1.807, 2.05) is 0 Å². The number of rotatable bonds is 4. The summed E-state index contributed by atoms with van der Waals surface area (Å²) in [4.78, 5) is 2.43. The van der Waals surface area contributed by atoms with E-state index in [1.165, 1.54) is 32.2 Å². The largest absolute Gasteiger partial charge is 0.314 e. The third kappa shape index (κ3) is 3.65. The van der Waals surface area contributed by atoms with Gasteiger partial charge in [0, 0.05) is 12.1 Å². The molecule has 1 rings (SSSR count). The average molecular weight is 184 g/mol. The first-order chi connectivity index (χ1) is 6.24. The highest BCUT2D eigenvalue weighted by molar-refractivity contribution is 4.77. The van der Waals surface area contributed by atoms with Gasteiger partial charge in [0.15, 0.2) is 0 Å². The van der Waals surface area contributed by atoms with Gasteiger partial charge in [-0.05, 0) is 46.3 Å². The van der Waals surface area contributed by atoms with Gasteiger partial charge in [0.05, 0.1) is 0 Å². The predicted molar refractivity (Wildman–Crippen MR) is 58.0 cm³/mol. The normalized spacial score (nSPS) is 26.3. The average Bonchev–Trinajstić information content (AvgIpc) is 2.18. The first-order valence-electron chi connectivity index (χ1n) is 5.67. The minimum absolute atomic E-state index is 0.723. The van der Waals surface area contributed by atoms with Crippen LogP contribution in [0.25, 0.3) is 0 Å². The molecule has 2 heteroatoms. The van der Waals surface area contributed by atoms with Crippen molar-refractivity contribution in [2.75, 3.05) is 20.1 Å². The fourth-order valence-electron chi connectivity index (χ4n) is 2.03. The van der Waals surface area contributed by atoms with E-state index >= 15 is 0 Å². The van der Waals surface area contributed by atoms with Crippen LogP contribution >= 0.6 is 0 Å². The van der Waals surface area contributed by atoms with Crippen LogP contribution in [-0.4, -0.2) is 37.1 Å². The molecule has 2 atom stereocenters. The molecule has 0 bridgehead atoms. The number of nitrogens with one attached hydrogen (secondary N) is 1. The lowest BCUT2D eigenvalue weighted by molar-refractivity contribution is 0.225. The Morgan fingerprint density at radius 2 is 2.23 bits per heavy atom. The van der Waals surface area contributed by atoms with Crippen LogP contribution in [0.2, 0.25) is 0 Å². The summed E-state index contributed by atoms with van der Waals surface area (Å²) < 4.78 is 0. The molecule has 2 unspecified atom stereocenters. The highest BCUT2D eigenvalue weighted by Crippen LogP contribution is 2.13. The molecule has 78 valence electrons. The van der Waals surface area contributed by atoms with Crippen molar-refractivity contribution in [2.24, 2.45) is 0 Å². The van der Waals surface area contributed by atoms with Gasteiger partial charge in [0.25, 0.3) is 0 Å². The standard InChI is InChI=1S/C11H24N2/c1-4-13(3)10(2)9-11-7-5-6-8-12-11/h10-12H,4-9H2,1-3H3. The molecule has 13 heavy (non-hydrogen) atoms. The molecule has 0 amide bonds. The van der Waals surface area contributed by atoms with Gasteiger partial charge in [-0.1, -0.05) is 13.3 Å². The van der Waals surface area contributed by atoms with Gasteiger partial charge in [-0.25, -0.2) is 0 Å². The fourth-order valence-corrected chi connectivity index (χ4v) is 2.03. The molecule has 0 radical (unpaired) electrons. The van der Waals surface area contributed by atoms with Gasteiger partial charge in [-0.3, -0.25) is 0 Å². The van der Waals surface area contributed by atoms with Crippen LogP contribution in [0.15, 0.2) is 0 Å². The summed E-state index contributed by atoms with van der Waals surface area (Å²) in [5.74, 6) is 0. The molecular weight excluding hydrogens is 160 g/mol. The molecule has 1 fully saturated rings. The van der Waals surface area contributed by atoms with Crippen LogP contribution in [0.5, 0.6) is 0 Å². The molecule has 0 aromatic carbocycles. The maximum absolute atomic E-state index is 3.60. The molecule has 1 saturated heterocycles. The Kier molecular flexibility index (Phi) is 4.74. The molecule has 1 aliphatic rings. The monoisotopic (exact) mass is 184 g/mol.